The minimum absolute atomic E-state index is 0.0910. The van der Waals surface area contributed by atoms with Crippen LogP contribution in [0.1, 0.15) is 0 Å². The Hall–Kier alpha value is -3.92. The molecule has 0 aliphatic heterocycles. The fourth-order valence-electron chi connectivity index (χ4n) is 2.65. The Labute approximate surface area is 169 Å². The molecule has 0 atom stereocenters. The summed E-state index contributed by atoms with van der Waals surface area (Å²) in [6.45, 7) is 0.0910. The van der Waals surface area contributed by atoms with E-state index >= 15 is 0 Å². The Balaban J connectivity index is 1.28. The van der Waals surface area contributed by atoms with Gasteiger partial charge in [-0.25, -0.2) is 0 Å². The van der Waals surface area contributed by atoms with Crippen LogP contribution in [0.5, 0.6) is 34.5 Å². The van der Waals surface area contributed by atoms with Crippen molar-refractivity contribution in [1.82, 2.24) is 0 Å². The molecule has 4 aromatic rings. The lowest BCUT2D eigenvalue weighted by Gasteiger charge is -2.11. The first-order valence-corrected chi connectivity index (χ1v) is 9.27. The first kappa shape index (κ1) is 18.4. The van der Waals surface area contributed by atoms with Gasteiger partial charge in [-0.15, -0.1) is 0 Å². The van der Waals surface area contributed by atoms with Gasteiger partial charge < -0.3 is 18.9 Å². The van der Waals surface area contributed by atoms with E-state index in [1.54, 1.807) is 0 Å². The molecule has 0 spiro atoms. The minimum atomic E-state index is 0.0910. The predicted molar refractivity (Wildman–Crippen MR) is 112 cm³/mol. The third kappa shape index (κ3) is 5.53. The molecular weight excluding hydrogens is 364 g/mol. The molecule has 144 valence electrons. The van der Waals surface area contributed by atoms with Crippen LogP contribution >= 0.6 is 0 Å². The van der Waals surface area contributed by atoms with E-state index in [2.05, 4.69) is 0 Å². The maximum atomic E-state index is 5.81. The Kier molecular flexibility index (Phi) is 5.93. The molecule has 0 aromatic heterocycles. The molecule has 29 heavy (non-hydrogen) atoms. The van der Waals surface area contributed by atoms with E-state index < -0.39 is 0 Å². The standard InChI is InChI=1S/C25H20O4/c1-3-8-21(9-4-1)28-23-16-14-20(15-17-23)26-19-27-24-12-7-13-25(18-24)29-22-10-5-2-6-11-22/h1-18H,19H2. The topological polar surface area (TPSA) is 36.9 Å². The molecule has 0 saturated carbocycles. The van der Waals surface area contributed by atoms with Gasteiger partial charge in [-0.2, -0.15) is 0 Å². The summed E-state index contributed by atoms with van der Waals surface area (Å²) in [6, 6.07) is 34.1. The number of benzene rings is 4. The predicted octanol–water partition coefficient (Wildman–Crippen LogP) is 6.69. The lowest BCUT2D eigenvalue weighted by Crippen LogP contribution is -2.05. The zero-order chi connectivity index (χ0) is 19.7. The summed E-state index contributed by atoms with van der Waals surface area (Å²) < 4.78 is 22.9. The van der Waals surface area contributed by atoms with Crippen molar-refractivity contribution in [2.45, 2.75) is 0 Å². The maximum Gasteiger partial charge on any atom is 0.230 e. The molecular formula is C25H20O4. The molecule has 4 nitrogen and oxygen atoms in total. The van der Waals surface area contributed by atoms with Crippen molar-refractivity contribution in [3.05, 3.63) is 109 Å². The van der Waals surface area contributed by atoms with Crippen LogP contribution in [-0.4, -0.2) is 6.79 Å². The van der Waals surface area contributed by atoms with E-state index in [1.165, 1.54) is 0 Å². The third-order valence-corrected chi connectivity index (χ3v) is 4.04. The Bertz CT molecular complexity index is 1020. The molecule has 4 aromatic carbocycles. The highest BCUT2D eigenvalue weighted by Crippen LogP contribution is 2.26. The van der Waals surface area contributed by atoms with Crippen LogP contribution in [-0.2, 0) is 0 Å². The highest BCUT2D eigenvalue weighted by atomic mass is 16.7. The molecule has 0 N–H and O–H groups in total. The fraction of sp³-hybridized carbons (Fsp3) is 0.0400. The smallest absolute Gasteiger partial charge is 0.230 e. The van der Waals surface area contributed by atoms with E-state index in [1.807, 2.05) is 109 Å². The molecule has 0 bridgehead atoms. The molecule has 0 saturated heterocycles. The highest BCUT2D eigenvalue weighted by molar-refractivity contribution is 5.37. The molecule has 0 aliphatic carbocycles. The van der Waals surface area contributed by atoms with Gasteiger partial charge in [0.05, 0.1) is 0 Å². The van der Waals surface area contributed by atoms with Gasteiger partial charge in [0, 0.05) is 6.07 Å². The summed E-state index contributed by atoms with van der Waals surface area (Å²) in [5.74, 6) is 4.39. The molecule has 0 heterocycles. The zero-order valence-electron chi connectivity index (χ0n) is 15.7. The molecule has 0 radical (unpaired) electrons. The Morgan fingerprint density at radius 1 is 0.379 bits per heavy atom. The second kappa shape index (κ2) is 9.33. The first-order chi connectivity index (χ1) is 14.3. The van der Waals surface area contributed by atoms with E-state index in [0.29, 0.717) is 17.2 Å². The maximum absolute atomic E-state index is 5.81. The molecule has 0 amide bonds. The second-order valence-corrected chi connectivity index (χ2v) is 6.18. The van der Waals surface area contributed by atoms with E-state index in [9.17, 15) is 0 Å². The van der Waals surface area contributed by atoms with E-state index in [0.717, 1.165) is 17.2 Å². The SMILES string of the molecule is c1ccc(Oc2ccc(OCOc3cccc(Oc4ccccc4)c3)cc2)cc1. The van der Waals surface area contributed by atoms with Gasteiger partial charge in [-0.1, -0.05) is 42.5 Å². The molecule has 0 unspecified atom stereocenters. The molecule has 4 rings (SSSR count). The van der Waals surface area contributed by atoms with Gasteiger partial charge in [-0.05, 0) is 60.7 Å². The van der Waals surface area contributed by atoms with Gasteiger partial charge >= 0.3 is 0 Å². The average Bonchev–Trinajstić information content (AvgIpc) is 2.77. The monoisotopic (exact) mass is 384 g/mol. The van der Waals surface area contributed by atoms with Crippen molar-refractivity contribution in [3.8, 4) is 34.5 Å². The average molecular weight is 384 g/mol. The Morgan fingerprint density at radius 2 is 0.828 bits per heavy atom. The largest absolute Gasteiger partial charge is 0.457 e. The van der Waals surface area contributed by atoms with Crippen molar-refractivity contribution in [2.24, 2.45) is 0 Å². The summed E-state index contributed by atoms with van der Waals surface area (Å²) in [6.07, 6.45) is 0. The number of ether oxygens (including phenoxy) is 4. The zero-order valence-corrected chi connectivity index (χ0v) is 15.7. The highest BCUT2D eigenvalue weighted by Gasteiger charge is 2.02. The van der Waals surface area contributed by atoms with Crippen LogP contribution in [0.4, 0.5) is 0 Å². The van der Waals surface area contributed by atoms with Crippen LogP contribution in [0.3, 0.4) is 0 Å². The number of hydrogen-bond donors (Lipinski definition) is 0. The summed E-state index contributed by atoms with van der Waals surface area (Å²) >= 11 is 0. The van der Waals surface area contributed by atoms with Crippen LogP contribution in [0.2, 0.25) is 0 Å². The van der Waals surface area contributed by atoms with Gasteiger partial charge in [0.2, 0.25) is 6.79 Å². The van der Waals surface area contributed by atoms with E-state index in [-0.39, 0.29) is 6.79 Å². The van der Waals surface area contributed by atoms with Gasteiger partial charge in [-0.3, -0.25) is 0 Å². The second-order valence-electron chi connectivity index (χ2n) is 6.18. The lowest BCUT2D eigenvalue weighted by molar-refractivity contribution is 0.119. The first-order valence-electron chi connectivity index (χ1n) is 9.27. The van der Waals surface area contributed by atoms with Crippen molar-refractivity contribution in [3.63, 3.8) is 0 Å². The van der Waals surface area contributed by atoms with Crippen molar-refractivity contribution >= 4 is 0 Å². The Morgan fingerprint density at radius 3 is 1.48 bits per heavy atom. The summed E-state index contributed by atoms with van der Waals surface area (Å²) in [4.78, 5) is 0. The van der Waals surface area contributed by atoms with Crippen LogP contribution in [0.15, 0.2) is 109 Å². The van der Waals surface area contributed by atoms with Gasteiger partial charge in [0.1, 0.15) is 34.5 Å². The van der Waals surface area contributed by atoms with Gasteiger partial charge in [0.25, 0.3) is 0 Å². The number of para-hydroxylation sites is 2. The normalized spacial score (nSPS) is 10.2. The van der Waals surface area contributed by atoms with E-state index in [4.69, 9.17) is 18.9 Å². The summed E-state index contributed by atoms with van der Waals surface area (Å²) in [7, 11) is 0. The fourth-order valence-corrected chi connectivity index (χ4v) is 2.65. The number of hydrogen-bond acceptors (Lipinski definition) is 4. The van der Waals surface area contributed by atoms with Crippen molar-refractivity contribution in [1.29, 1.82) is 0 Å². The molecule has 0 fully saturated rings. The lowest BCUT2D eigenvalue weighted by atomic mass is 10.3. The minimum Gasteiger partial charge on any atom is -0.457 e. The van der Waals surface area contributed by atoms with Crippen LogP contribution in [0.25, 0.3) is 0 Å². The van der Waals surface area contributed by atoms with Crippen LogP contribution in [0, 0.1) is 0 Å². The van der Waals surface area contributed by atoms with Crippen LogP contribution < -0.4 is 18.9 Å². The van der Waals surface area contributed by atoms with Crippen molar-refractivity contribution in [2.75, 3.05) is 6.79 Å². The summed E-state index contributed by atoms with van der Waals surface area (Å²) in [5, 5.41) is 0. The number of rotatable bonds is 8. The third-order valence-electron chi connectivity index (χ3n) is 4.04. The van der Waals surface area contributed by atoms with Gasteiger partial charge in [0.15, 0.2) is 0 Å². The molecule has 4 heteroatoms. The quantitative estimate of drug-likeness (QED) is 0.317. The summed E-state index contributed by atoms with van der Waals surface area (Å²) in [5.41, 5.74) is 0. The molecule has 0 aliphatic rings. The van der Waals surface area contributed by atoms with Crippen molar-refractivity contribution < 1.29 is 18.9 Å².